The Bertz CT molecular complexity index is 136. The second-order valence-corrected chi connectivity index (χ2v) is 3.69. The molecule has 2 nitrogen and oxygen atoms in total. The van der Waals surface area contributed by atoms with Gasteiger partial charge in [0.25, 0.3) is 0 Å². The van der Waals surface area contributed by atoms with E-state index in [1.807, 2.05) is 4.09 Å². The molecular formula is C7H15N2S+. The van der Waals surface area contributed by atoms with Crippen molar-refractivity contribution in [2.45, 2.75) is 26.3 Å². The van der Waals surface area contributed by atoms with Crippen molar-refractivity contribution in [3.63, 3.8) is 0 Å². The molecule has 58 valence electrons. The summed E-state index contributed by atoms with van der Waals surface area (Å²) in [7, 11) is 0. The van der Waals surface area contributed by atoms with Gasteiger partial charge in [-0.15, -0.1) is 0 Å². The molecule has 0 N–H and O–H groups in total. The molecule has 1 atom stereocenters. The lowest BCUT2D eigenvalue weighted by Gasteiger charge is -2.16. The Hall–Kier alpha value is -0.180. The summed E-state index contributed by atoms with van der Waals surface area (Å²) in [5.74, 6) is 1.19. The predicted octanol–water partition coefficient (Wildman–Crippen LogP) is 1.38. The van der Waals surface area contributed by atoms with Crippen molar-refractivity contribution in [3.05, 3.63) is 0 Å². The minimum Gasteiger partial charge on any atom is -0.170 e. The molecule has 1 saturated heterocycles. The Morgan fingerprint density at radius 3 is 2.90 bits per heavy atom. The van der Waals surface area contributed by atoms with Crippen molar-refractivity contribution < 1.29 is 4.09 Å². The normalized spacial score (nSPS) is 21.8. The second-order valence-electron chi connectivity index (χ2n) is 2.61. The molecule has 1 aliphatic heterocycles. The minimum atomic E-state index is 0.646. The Morgan fingerprint density at radius 1 is 1.80 bits per heavy atom. The van der Waals surface area contributed by atoms with Crippen molar-refractivity contribution >= 4 is 18.7 Å². The lowest BCUT2D eigenvalue weighted by molar-refractivity contribution is -0.544. The summed E-state index contributed by atoms with van der Waals surface area (Å²) in [6.45, 7) is 9.52. The smallest absolute Gasteiger partial charge is 0.170 e. The Labute approximate surface area is 67.0 Å². The van der Waals surface area contributed by atoms with E-state index in [1.54, 1.807) is 11.9 Å². The zero-order valence-electron chi connectivity index (χ0n) is 6.71. The quantitative estimate of drug-likeness (QED) is 0.443. The largest absolute Gasteiger partial charge is 0.192 e. The van der Waals surface area contributed by atoms with Gasteiger partial charge in [0.1, 0.15) is 0 Å². The van der Waals surface area contributed by atoms with E-state index in [-0.39, 0.29) is 0 Å². The zero-order chi connectivity index (χ0) is 7.56. The van der Waals surface area contributed by atoms with Crippen LogP contribution in [0.15, 0.2) is 0 Å². The van der Waals surface area contributed by atoms with Crippen LogP contribution in [0.4, 0.5) is 0 Å². The molecule has 0 aromatic carbocycles. The van der Waals surface area contributed by atoms with E-state index >= 15 is 0 Å². The molecule has 0 aromatic heterocycles. The molecule has 1 fully saturated rings. The van der Waals surface area contributed by atoms with Crippen LogP contribution in [0.3, 0.4) is 0 Å². The van der Waals surface area contributed by atoms with Crippen LogP contribution < -0.4 is 0 Å². The van der Waals surface area contributed by atoms with Crippen molar-refractivity contribution in [3.8, 4) is 0 Å². The van der Waals surface area contributed by atoms with E-state index in [9.17, 15) is 0 Å². The molecule has 1 rings (SSSR count). The predicted molar refractivity (Wildman–Crippen MR) is 46.3 cm³/mol. The maximum Gasteiger partial charge on any atom is 0.192 e. The summed E-state index contributed by atoms with van der Waals surface area (Å²) >= 11 is 1.80. The number of hydrazine groups is 1. The van der Waals surface area contributed by atoms with E-state index in [1.165, 1.54) is 12.2 Å². The molecule has 0 radical (unpaired) electrons. The first-order chi connectivity index (χ1) is 4.75. The van der Waals surface area contributed by atoms with Crippen LogP contribution in [-0.2, 0) is 0 Å². The third-order valence-corrected chi connectivity index (χ3v) is 2.82. The third kappa shape index (κ3) is 1.45. The van der Waals surface area contributed by atoms with Crippen LogP contribution in [0.2, 0.25) is 0 Å². The van der Waals surface area contributed by atoms with Gasteiger partial charge in [-0.25, -0.2) is 0 Å². The maximum atomic E-state index is 3.91. The van der Waals surface area contributed by atoms with Gasteiger partial charge in [0.15, 0.2) is 18.7 Å². The number of hydrogen-bond donors (Lipinski definition) is 0. The Balaban J connectivity index is 2.46. The highest BCUT2D eigenvalue weighted by Crippen LogP contribution is 2.18. The van der Waals surface area contributed by atoms with Gasteiger partial charge in [-0.05, 0) is 13.3 Å². The van der Waals surface area contributed by atoms with Gasteiger partial charge in [0, 0.05) is 0 Å². The summed E-state index contributed by atoms with van der Waals surface area (Å²) in [5, 5.41) is 2.31. The topological polar surface area (TPSA) is 6.25 Å². The highest BCUT2D eigenvalue weighted by atomic mass is 32.2. The molecule has 0 spiro atoms. The summed E-state index contributed by atoms with van der Waals surface area (Å²) in [6, 6.07) is 0.646. The highest BCUT2D eigenvalue weighted by Gasteiger charge is 2.27. The van der Waals surface area contributed by atoms with Gasteiger partial charge in [-0.1, -0.05) is 11.0 Å². The van der Waals surface area contributed by atoms with Gasteiger partial charge >= 0.3 is 0 Å². The molecule has 1 heterocycles. The standard InChI is InChI=1S/C7H15N2S/c1-4-7(2)9-5-6-10-8(9)3/h7H,3-6H2,1-2H3/q+1. The number of rotatable bonds is 2. The molecule has 1 unspecified atom stereocenters. The lowest BCUT2D eigenvalue weighted by atomic mass is 10.2. The van der Waals surface area contributed by atoms with E-state index in [4.69, 9.17) is 0 Å². The van der Waals surface area contributed by atoms with Crippen LogP contribution in [0, 0.1) is 0 Å². The first kappa shape index (κ1) is 7.92. The molecule has 3 heteroatoms. The fraction of sp³-hybridized carbons (Fsp3) is 0.857. The molecule has 0 bridgehead atoms. The molecule has 1 aliphatic rings. The van der Waals surface area contributed by atoms with Crippen LogP contribution in [-0.4, -0.2) is 34.2 Å². The van der Waals surface area contributed by atoms with Crippen LogP contribution in [0.25, 0.3) is 0 Å². The number of hydrogen-bond acceptors (Lipinski definition) is 2. The first-order valence-electron chi connectivity index (χ1n) is 3.75. The summed E-state index contributed by atoms with van der Waals surface area (Å²) in [5.41, 5.74) is 0. The monoisotopic (exact) mass is 159 g/mol. The summed E-state index contributed by atoms with van der Waals surface area (Å²) in [6.07, 6.45) is 1.20. The molecule has 0 saturated carbocycles. The van der Waals surface area contributed by atoms with Gasteiger partial charge in [0.05, 0.1) is 18.3 Å². The van der Waals surface area contributed by atoms with E-state index in [0.29, 0.717) is 6.04 Å². The van der Waals surface area contributed by atoms with Crippen LogP contribution >= 0.6 is 11.9 Å². The lowest BCUT2D eigenvalue weighted by Crippen LogP contribution is -2.34. The first-order valence-corrected chi connectivity index (χ1v) is 4.70. The fourth-order valence-electron chi connectivity index (χ4n) is 1.08. The summed E-state index contributed by atoms with van der Waals surface area (Å²) in [4.78, 5) is 0. The Kier molecular flexibility index (Phi) is 2.60. The number of hydrazone groups is 1. The van der Waals surface area contributed by atoms with Gasteiger partial charge in [-0.2, -0.15) is 5.01 Å². The molecule has 0 amide bonds. The van der Waals surface area contributed by atoms with Crippen LogP contribution in [0.5, 0.6) is 0 Å². The second kappa shape index (κ2) is 3.28. The average molecular weight is 159 g/mol. The average Bonchev–Trinajstić information content (AvgIpc) is 2.34. The van der Waals surface area contributed by atoms with Crippen molar-refractivity contribution in [1.29, 1.82) is 0 Å². The maximum absolute atomic E-state index is 3.91. The van der Waals surface area contributed by atoms with E-state index < -0.39 is 0 Å². The minimum absolute atomic E-state index is 0.646. The van der Waals surface area contributed by atoms with Crippen molar-refractivity contribution in [1.82, 2.24) is 5.01 Å². The fourth-order valence-corrected chi connectivity index (χ4v) is 1.95. The number of nitrogens with zero attached hydrogens (tertiary/aromatic N) is 2. The molecule has 10 heavy (non-hydrogen) atoms. The highest BCUT2D eigenvalue weighted by molar-refractivity contribution is 7.93. The Morgan fingerprint density at radius 2 is 2.50 bits per heavy atom. The van der Waals surface area contributed by atoms with E-state index in [2.05, 4.69) is 25.6 Å². The van der Waals surface area contributed by atoms with Crippen LogP contribution in [0.1, 0.15) is 20.3 Å². The van der Waals surface area contributed by atoms with E-state index in [0.717, 1.165) is 6.54 Å². The molecule has 0 aliphatic carbocycles. The van der Waals surface area contributed by atoms with Crippen molar-refractivity contribution in [2.75, 3.05) is 12.3 Å². The van der Waals surface area contributed by atoms with Gasteiger partial charge in [0.2, 0.25) is 0 Å². The van der Waals surface area contributed by atoms with Crippen molar-refractivity contribution in [2.24, 2.45) is 0 Å². The van der Waals surface area contributed by atoms with Gasteiger partial charge < -0.3 is 0 Å². The molecule has 0 aromatic rings. The van der Waals surface area contributed by atoms with Gasteiger partial charge in [-0.3, -0.25) is 0 Å². The summed E-state index contributed by atoms with van der Waals surface area (Å²) < 4.78 is 2.01. The SMILES string of the molecule is C=[N+]1SCCN1C(C)CC. The molecular weight excluding hydrogens is 144 g/mol. The zero-order valence-corrected chi connectivity index (χ0v) is 7.52. The third-order valence-electron chi connectivity index (χ3n) is 1.95.